The van der Waals surface area contributed by atoms with E-state index in [-0.39, 0.29) is 11.8 Å². The van der Waals surface area contributed by atoms with E-state index in [1.807, 2.05) is 6.92 Å². The minimum Gasteiger partial charge on any atom is -0.480 e. The summed E-state index contributed by atoms with van der Waals surface area (Å²) >= 11 is 0. The molecule has 0 aliphatic carbocycles. The Kier molecular flexibility index (Phi) is 5.73. The number of carbonyl (C=O) groups is 2. The first-order valence-corrected chi connectivity index (χ1v) is 6.94. The zero-order valence-electron chi connectivity index (χ0n) is 12.5. The fourth-order valence-electron chi connectivity index (χ4n) is 1.94. The van der Waals surface area contributed by atoms with E-state index in [1.165, 1.54) is 6.20 Å². The van der Waals surface area contributed by atoms with Crippen LogP contribution in [-0.2, 0) is 11.3 Å². The third-order valence-electron chi connectivity index (χ3n) is 3.29. The molecule has 0 bridgehead atoms. The number of aliphatic carboxylic acids is 1. The molecule has 1 aromatic rings. The number of carbonyl (C=O) groups excluding carboxylic acids is 1. The van der Waals surface area contributed by atoms with Gasteiger partial charge in [0.2, 0.25) is 0 Å². The van der Waals surface area contributed by atoms with Crippen LogP contribution in [0.1, 0.15) is 49.7 Å². The molecule has 0 spiro atoms. The minimum atomic E-state index is -1.02. The van der Waals surface area contributed by atoms with Crippen molar-refractivity contribution in [3.05, 3.63) is 17.5 Å². The second-order valence-corrected chi connectivity index (χ2v) is 5.25. The van der Waals surface area contributed by atoms with Crippen molar-refractivity contribution in [2.75, 3.05) is 0 Å². The number of rotatable bonds is 7. The van der Waals surface area contributed by atoms with Gasteiger partial charge in [-0.2, -0.15) is 5.10 Å². The van der Waals surface area contributed by atoms with Gasteiger partial charge in [-0.15, -0.1) is 0 Å². The molecule has 6 nitrogen and oxygen atoms in total. The average Bonchev–Trinajstić information content (AvgIpc) is 2.73. The van der Waals surface area contributed by atoms with Crippen LogP contribution in [0.4, 0.5) is 0 Å². The van der Waals surface area contributed by atoms with Crippen LogP contribution < -0.4 is 5.32 Å². The molecule has 20 heavy (non-hydrogen) atoms. The Balaban J connectivity index is 2.82. The Labute approximate surface area is 119 Å². The van der Waals surface area contributed by atoms with Crippen LogP contribution in [0.2, 0.25) is 0 Å². The lowest BCUT2D eigenvalue weighted by atomic mass is 10.0. The lowest BCUT2D eigenvalue weighted by molar-refractivity contribution is -0.140. The zero-order chi connectivity index (χ0) is 15.3. The molecule has 0 radical (unpaired) electrons. The van der Waals surface area contributed by atoms with Gasteiger partial charge in [0, 0.05) is 12.2 Å². The summed E-state index contributed by atoms with van der Waals surface area (Å²) in [5, 5.41) is 15.8. The van der Waals surface area contributed by atoms with Gasteiger partial charge < -0.3 is 10.4 Å². The molecule has 0 saturated heterocycles. The largest absolute Gasteiger partial charge is 0.480 e. The molecule has 0 aromatic carbocycles. The van der Waals surface area contributed by atoms with E-state index in [2.05, 4.69) is 17.3 Å². The number of aromatic nitrogens is 2. The van der Waals surface area contributed by atoms with Crippen LogP contribution in [0.25, 0.3) is 0 Å². The molecule has 2 N–H and O–H groups in total. The van der Waals surface area contributed by atoms with Crippen molar-refractivity contribution in [1.29, 1.82) is 0 Å². The topological polar surface area (TPSA) is 84.2 Å². The van der Waals surface area contributed by atoms with Gasteiger partial charge in [0.1, 0.15) is 6.04 Å². The molecule has 1 rings (SSSR count). The standard InChI is InChI=1S/C14H23N3O3/c1-5-6-7-17-10(4)11(8-15-17)13(18)16-12(9(2)3)14(19)20/h8-9,12H,5-7H2,1-4H3,(H,16,18)(H,19,20)/t12-/m0/s1. The zero-order valence-corrected chi connectivity index (χ0v) is 12.5. The third kappa shape index (κ3) is 3.82. The Morgan fingerprint density at radius 2 is 2.10 bits per heavy atom. The van der Waals surface area contributed by atoms with E-state index in [1.54, 1.807) is 18.5 Å². The quantitative estimate of drug-likeness (QED) is 0.798. The van der Waals surface area contributed by atoms with Gasteiger partial charge in [-0.3, -0.25) is 9.48 Å². The van der Waals surface area contributed by atoms with Gasteiger partial charge in [-0.25, -0.2) is 4.79 Å². The maximum Gasteiger partial charge on any atom is 0.326 e. The van der Waals surface area contributed by atoms with E-state index in [0.29, 0.717) is 5.56 Å². The molecule has 1 heterocycles. The Bertz CT molecular complexity index is 480. The van der Waals surface area contributed by atoms with Crippen LogP contribution in [0.15, 0.2) is 6.20 Å². The first-order chi connectivity index (χ1) is 9.38. The van der Waals surface area contributed by atoms with Crippen LogP contribution in [0.5, 0.6) is 0 Å². The number of hydrogen-bond acceptors (Lipinski definition) is 3. The van der Waals surface area contributed by atoms with Crippen molar-refractivity contribution in [1.82, 2.24) is 15.1 Å². The lowest BCUT2D eigenvalue weighted by Gasteiger charge is -2.17. The van der Waals surface area contributed by atoms with Crippen molar-refractivity contribution < 1.29 is 14.7 Å². The van der Waals surface area contributed by atoms with Gasteiger partial charge >= 0.3 is 5.97 Å². The molecule has 1 atom stereocenters. The minimum absolute atomic E-state index is 0.174. The van der Waals surface area contributed by atoms with Gasteiger partial charge in [0.05, 0.1) is 11.8 Å². The fourth-order valence-corrected chi connectivity index (χ4v) is 1.94. The summed E-state index contributed by atoms with van der Waals surface area (Å²) in [6.45, 7) is 8.20. The van der Waals surface area contributed by atoms with Gasteiger partial charge in [0.25, 0.3) is 5.91 Å². The highest BCUT2D eigenvalue weighted by Gasteiger charge is 2.25. The van der Waals surface area contributed by atoms with Gasteiger partial charge in [-0.1, -0.05) is 27.2 Å². The Hall–Kier alpha value is -1.85. The van der Waals surface area contributed by atoms with E-state index in [4.69, 9.17) is 5.11 Å². The highest BCUT2D eigenvalue weighted by Crippen LogP contribution is 2.10. The number of nitrogens with zero attached hydrogens (tertiary/aromatic N) is 2. The van der Waals surface area contributed by atoms with Crippen LogP contribution in [-0.4, -0.2) is 32.8 Å². The van der Waals surface area contributed by atoms with Crippen molar-refractivity contribution >= 4 is 11.9 Å². The van der Waals surface area contributed by atoms with Crippen molar-refractivity contribution in [3.8, 4) is 0 Å². The molecule has 0 fully saturated rings. The predicted octanol–water partition coefficient (Wildman–Crippen LogP) is 1.83. The Morgan fingerprint density at radius 3 is 2.60 bits per heavy atom. The molecular weight excluding hydrogens is 258 g/mol. The van der Waals surface area contributed by atoms with Crippen LogP contribution in [0, 0.1) is 12.8 Å². The molecule has 1 amide bonds. The number of unbranched alkanes of at least 4 members (excludes halogenated alkanes) is 1. The molecule has 0 aliphatic heterocycles. The monoisotopic (exact) mass is 281 g/mol. The summed E-state index contributed by atoms with van der Waals surface area (Å²) in [5.74, 6) is -1.58. The summed E-state index contributed by atoms with van der Waals surface area (Å²) < 4.78 is 1.78. The summed E-state index contributed by atoms with van der Waals surface area (Å²) in [4.78, 5) is 23.2. The van der Waals surface area contributed by atoms with E-state index >= 15 is 0 Å². The SMILES string of the molecule is CCCCn1ncc(C(=O)N[C@H](C(=O)O)C(C)C)c1C. The van der Waals surface area contributed by atoms with E-state index in [9.17, 15) is 9.59 Å². The van der Waals surface area contributed by atoms with Gasteiger partial charge in [0.15, 0.2) is 0 Å². The first kappa shape index (κ1) is 16.2. The number of amides is 1. The normalized spacial score (nSPS) is 12.4. The summed E-state index contributed by atoms with van der Waals surface area (Å²) in [7, 11) is 0. The number of carboxylic acids is 1. The molecular formula is C14H23N3O3. The summed E-state index contributed by atoms with van der Waals surface area (Å²) in [5.41, 5.74) is 1.21. The van der Waals surface area contributed by atoms with E-state index in [0.717, 1.165) is 25.1 Å². The molecule has 0 saturated carbocycles. The van der Waals surface area contributed by atoms with Crippen molar-refractivity contribution in [2.45, 2.75) is 53.1 Å². The lowest BCUT2D eigenvalue weighted by Crippen LogP contribution is -2.44. The number of nitrogens with one attached hydrogen (secondary N) is 1. The second-order valence-electron chi connectivity index (χ2n) is 5.25. The molecule has 6 heteroatoms. The summed E-state index contributed by atoms with van der Waals surface area (Å²) in [6, 6.07) is -0.888. The maximum absolute atomic E-state index is 12.1. The van der Waals surface area contributed by atoms with Gasteiger partial charge in [-0.05, 0) is 19.3 Å². The highest BCUT2D eigenvalue weighted by atomic mass is 16.4. The van der Waals surface area contributed by atoms with Crippen molar-refractivity contribution in [2.24, 2.45) is 5.92 Å². The third-order valence-corrected chi connectivity index (χ3v) is 3.29. The molecule has 0 aliphatic rings. The average molecular weight is 281 g/mol. The first-order valence-electron chi connectivity index (χ1n) is 6.94. The van der Waals surface area contributed by atoms with Crippen LogP contribution >= 0.6 is 0 Å². The molecule has 112 valence electrons. The Morgan fingerprint density at radius 1 is 1.45 bits per heavy atom. The van der Waals surface area contributed by atoms with E-state index < -0.39 is 12.0 Å². The van der Waals surface area contributed by atoms with Crippen molar-refractivity contribution in [3.63, 3.8) is 0 Å². The summed E-state index contributed by atoms with van der Waals surface area (Å²) in [6.07, 6.45) is 3.54. The number of aryl methyl sites for hydroxylation is 1. The predicted molar refractivity (Wildman–Crippen MR) is 75.6 cm³/mol. The molecule has 0 unspecified atom stereocenters. The second kappa shape index (κ2) is 7.07. The number of hydrogen-bond donors (Lipinski definition) is 2. The number of carboxylic acid groups (broad SMARTS) is 1. The smallest absolute Gasteiger partial charge is 0.326 e. The van der Waals surface area contributed by atoms with Crippen LogP contribution in [0.3, 0.4) is 0 Å². The fraction of sp³-hybridized carbons (Fsp3) is 0.643. The molecule has 1 aromatic heterocycles. The maximum atomic E-state index is 12.1. The highest BCUT2D eigenvalue weighted by molar-refractivity contribution is 5.97.